The number of nitrogens with one attached hydrogen (secondary N) is 1. The molecule has 0 radical (unpaired) electrons. The summed E-state index contributed by atoms with van der Waals surface area (Å²) in [6.45, 7) is 1.45. The van der Waals surface area contributed by atoms with E-state index in [0.29, 0.717) is 6.54 Å². The molecule has 24 heavy (non-hydrogen) atoms. The van der Waals surface area contributed by atoms with Crippen LogP contribution in [-0.4, -0.2) is 36.4 Å². The van der Waals surface area contributed by atoms with Gasteiger partial charge in [-0.15, -0.1) is 35.3 Å². The van der Waals surface area contributed by atoms with Crippen molar-refractivity contribution >= 4 is 47.0 Å². The van der Waals surface area contributed by atoms with E-state index in [0.717, 1.165) is 24.5 Å². The van der Waals surface area contributed by atoms with Crippen molar-refractivity contribution in [2.75, 3.05) is 20.6 Å². The smallest absolute Gasteiger partial charge is 0.269 e. The second kappa shape index (κ2) is 10.2. The van der Waals surface area contributed by atoms with Crippen molar-refractivity contribution in [2.24, 2.45) is 4.99 Å². The van der Waals surface area contributed by atoms with Crippen molar-refractivity contribution in [3.8, 4) is 0 Å². The molecular formula is C16H21IN4O2S. The van der Waals surface area contributed by atoms with Crippen molar-refractivity contribution in [3.05, 3.63) is 62.3 Å². The van der Waals surface area contributed by atoms with Crippen molar-refractivity contribution in [1.82, 2.24) is 10.2 Å². The Balaban J connectivity index is 0.00000288. The van der Waals surface area contributed by atoms with Crippen LogP contribution in [0.2, 0.25) is 0 Å². The molecule has 2 rings (SSSR count). The number of thiophene rings is 1. The van der Waals surface area contributed by atoms with Gasteiger partial charge in [-0.05, 0) is 23.4 Å². The van der Waals surface area contributed by atoms with Crippen LogP contribution < -0.4 is 5.32 Å². The van der Waals surface area contributed by atoms with E-state index < -0.39 is 4.92 Å². The number of nitro groups is 1. The molecule has 1 heterocycles. The lowest BCUT2D eigenvalue weighted by atomic mass is 10.2. The van der Waals surface area contributed by atoms with Crippen LogP contribution in [0.4, 0.5) is 5.69 Å². The number of aliphatic imine (C=N–C) groups is 1. The predicted octanol–water partition coefficient (Wildman–Crippen LogP) is 3.52. The Kier molecular flexibility index (Phi) is 8.69. The molecule has 0 aliphatic rings. The molecule has 0 saturated heterocycles. The first-order valence-electron chi connectivity index (χ1n) is 7.27. The molecular weight excluding hydrogens is 439 g/mol. The molecule has 0 aliphatic heterocycles. The summed E-state index contributed by atoms with van der Waals surface area (Å²) in [5, 5.41) is 16.0. The van der Waals surface area contributed by atoms with E-state index in [9.17, 15) is 10.1 Å². The lowest BCUT2D eigenvalue weighted by Gasteiger charge is -2.21. The maximum absolute atomic E-state index is 10.6. The van der Waals surface area contributed by atoms with Gasteiger partial charge in [0.05, 0.1) is 4.92 Å². The first-order chi connectivity index (χ1) is 11.1. The van der Waals surface area contributed by atoms with E-state index in [1.807, 2.05) is 7.05 Å². The van der Waals surface area contributed by atoms with Gasteiger partial charge in [-0.1, -0.05) is 18.2 Å². The third-order valence-electron chi connectivity index (χ3n) is 3.44. The van der Waals surface area contributed by atoms with Gasteiger partial charge in [-0.25, -0.2) is 0 Å². The first kappa shape index (κ1) is 20.4. The molecule has 8 heteroatoms. The van der Waals surface area contributed by atoms with E-state index >= 15 is 0 Å². The SMILES string of the molecule is CN=C(NCc1ccc([N+](=O)[O-])cc1)N(C)CCc1cccs1.I. The minimum absolute atomic E-state index is 0. The van der Waals surface area contributed by atoms with Gasteiger partial charge >= 0.3 is 0 Å². The standard InChI is InChI=1S/C16H20N4O2S.HI/c1-17-16(19(2)10-9-15-4-3-11-23-15)18-12-13-5-7-14(8-6-13)20(21)22;/h3-8,11H,9-10,12H2,1-2H3,(H,17,18);1H. The quantitative estimate of drug-likeness (QED) is 0.236. The summed E-state index contributed by atoms with van der Waals surface area (Å²) in [4.78, 5) is 18.0. The highest BCUT2D eigenvalue weighted by atomic mass is 127. The molecule has 0 unspecified atom stereocenters. The van der Waals surface area contributed by atoms with Crippen LogP contribution in [0.3, 0.4) is 0 Å². The molecule has 1 N–H and O–H groups in total. The maximum atomic E-state index is 10.6. The highest BCUT2D eigenvalue weighted by molar-refractivity contribution is 14.0. The molecule has 0 amide bonds. The number of nitro benzene ring substituents is 1. The summed E-state index contributed by atoms with van der Waals surface area (Å²) < 4.78 is 0. The molecule has 0 bridgehead atoms. The largest absolute Gasteiger partial charge is 0.352 e. The van der Waals surface area contributed by atoms with Gasteiger partial charge in [0.25, 0.3) is 5.69 Å². The zero-order chi connectivity index (χ0) is 16.7. The lowest BCUT2D eigenvalue weighted by molar-refractivity contribution is -0.384. The Morgan fingerprint density at radius 3 is 2.58 bits per heavy atom. The maximum Gasteiger partial charge on any atom is 0.269 e. The van der Waals surface area contributed by atoms with Crippen LogP contribution in [0.25, 0.3) is 0 Å². The second-order valence-corrected chi connectivity index (χ2v) is 6.11. The van der Waals surface area contributed by atoms with Crippen molar-refractivity contribution in [2.45, 2.75) is 13.0 Å². The number of likely N-dealkylation sites (N-methyl/N-ethyl adjacent to an activating group) is 1. The summed E-state index contributed by atoms with van der Waals surface area (Å²) in [6.07, 6.45) is 0.979. The molecule has 1 aromatic heterocycles. The van der Waals surface area contributed by atoms with Crippen LogP contribution in [0.5, 0.6) is 0 Å². The van der Waals surface area contributed by atoms with Crippen molar-refractivity contribution in [1.29, 1.82) is 0 Å². The third kappa shape index (κ3) is 6.08. The van der Waals surface area contributed by atoms with E-state index in [4.69, 9.17) is 0 Å². The first-order valence-corrected chi connectivity index (χ1v) is 8.15. The lowest BCUT2D eigenvalue weighted by Crippen LogP contribution is -2.39. The van der Waals surface area contributed by atoms with Crippen LogP contribution in [0.15, 0.2) is 46.8 Å². The van der Waals surface area contributed by atoms with Gasteiger partial charge in [0.15, 0.2) is 5.96 Å². The molecule has 130 valence electrons. The Labute approximate surface area is 162 Å². The molecule has 0 atom stereocenters. The fraction of sp³-hybridized carbons (Fsp3) is 0.312. The van der Waals surface area contributed by atoms with Gasteiger partial charge in [-0.3, -0.25) is 15.1 Å². The number of hydrogen-bond acceptors (Lipinski definition) is 4. The van der Waals surface area contributed by atoms with Crippen molar-refractivity contribution < 1.29 is 4.92 Å². The van der Waals surface area contributed by atoms with Crippen molar-refractivity contribution in [3.63, 3.8) is 0 Å². The minimum atomic E-state index is -0.394. The summed E-state index contributed by atoms with van der Waals surface area (Å²) in [7, 11) is 3.75. The normalized spacial score (nSPS) is 10.8. The molecule has 0 fully saturated rings. The van der Waals surface area contributed by atoms with Crippen LogP contribution in [-0.2, 0) is 13.0 Å². The number of rotatable bonds is 6. The monoisotopic (exact) mass is 460 g/mol. The third-order valence-corrected chi connectivity index (χ3v) is 4.38. The number of hydrogen-bond donors (Lipinski definition) is 1. The zero-order valence-corrected chi connectivity index (χ0v) is 16.8. The van der Waals surface area contributed by atoms with Gasteiger partial charge in [0.1, 0.15) is 0 Å². The molecule has 1 aromatic carbocycles. The summed E-state index contributed by atoms with van der Waals surface area (Å²) in [5.41, 5.74) is 1.08. The number of halogens is 1. The summed E-state index contributed by atoms with van der Waals surface area (Å²) >= 11 is 1.76. The predicted molar refractivity (Wildman–Crippen MR) is 109 cm³/mol. The number of benzene rings is 1. The summed E-state index contributed by atoms with van der Waals surface area (Å²) in [6, 6.07) is 10.7. The molecule has 6 nitrogen and oxygen atoms in total. The Bertz CT molecular complexity index is 659. The highest BCUT2D eigenvalue weighted by Crippen LogP contribution is 2.12. The minimum Gasteiger partial charge on any atom is -0.352 e. The number of non-ortho nitro benzene ring substituents is 1. The fourth-order valence-electron chi connectivity index (χ4n) is 2.14. The molecule has 2 aromatic rings. The number of nitrogens with zero attached hydrogens (tertiary/aromatic N) is 3. The Morgan fingerprint density at radius 1 is 1.33 bits per heavy atom. The summed E-state index contributed by atoms with van der Waals surface area (Å²) in [5.74, 6) is 0.805. The fourth-order valence-corrected chi connectivity index (χ4v) is 2.84. The van der Waals surface area contributed by atoms with Gasteiger partial charge in [0, 0.05) is 44.2 Å². The Hall–Kier alpha value is -1.68. The van der Waals surface area contributed by atoms with E-state index in [1.165, 1.54) is 17.0 Å². The van der Waals surface area contributed by atoms with Crippen LogP contribution >= 0.6 is 35.3 Å². The van der Waals surface area contributed by atoms with Crippen LogP contribution in [0.1, 0.15) is 10.4 Å². The Morgan fingerprint density at radius 2 is 2.04 bits per heavy atom. The molecule has 0 saturated carbocycles. The average molecular weight is 460 g/mol. The van der Waals surface area contributed by atoms with E-state index in [-0.39, 0.29) is 29.7 Å². The number of guanidine groups is 1. The zero-order valence-electron chi connectivity index (χ0n) is 13.6. The second-order valence-electron chi connectivity index (χ2n) is 5.08. The average Bonchev–Trinajstić information content (AvgIpc) is 3.07. The topological polar surface area (TPSA) is 70.8 Å². The van der Waals surface area contributed by atoms with E-state index in [1.54, 1.807) is 30.5 Å². The van der Waals surface area contributed by atoms with Gasteiger partial charge in [-0.2, -0.15) is 0 Å². The van der Waals surface area contributed by atoms with Gasteiger partial charge < -0.3 is 10.2 Å². The molecule has 0 spiro atoms. The molecule has 0 aliphatic carbocycles. The van der Waals surface area contributed by atoms with E-state index in [2.05, 4.69) is 32.7 Å². The highest BCUT2D eigenvalue weighted by Gasteiger charge is 2.08. The van der Waals surface area contributed by atoms with Crippen LogP contribution in [0, 0.1) is 10.1 Å². The van der Waals surface area contributed by atoms with Gasteiger partial charge in [0.2, 0.25) is 0 Å².